The first kappa shape index (κ1) is 11.9. The van der Waals surface area contributed by atoms with E-state index in [4.69, 9.17) is 5.11 Å². The third-order valence-corrected chi connectivity index (χ3v) is 2.00. The number of aliphatic hydroxyl groups is 2. The lowest BCUT2D eigenvalue weighted by Gasteiger charge is -2.11. The number of hydrogen-bond donors (Lipinski definition) is 2. The summed E-state index contributed by atoms with van der Waals surface area (Å²) in [6.45, 7) is 3.89. The molecular formula is C10H22O2. The highest BCUT2D eigenvalue weighted by Crippen LogP contribution is 2.09. The van der Waals surface area contributed by atoms with E-state index < -0.39 is 0 Å². The summed E-state index contributed by atoms with van der Waals surface area (Å²) in [6, 6.07) is 0. The summed E-state index contributed by atoms with van der Waals surface area (Å²) in [5, 5.41) is 18.3. The van der Waals surface area contributed by atoms with Gasteiger partial charge in [0.05, 0.1) is 12.2 Å². The summed E-state index contributed by atoms with van der Waals surface area (Å²) in [7, 11) is 0. The van der Waals surface area contributed by atoms with Gasteiger partial charge in [0.15, 0.2) is 0 Å². The zero-order valence-electron chi connectivity index (χ0n) is 8.29. The van der Waals surface area contributed by atoms with Gasteiger partial charge in [0.25, 0.3) is 0 Å². The van der Waals surface area contributed by atoms with Crippen LogP contribution in [0.15, 0.2) is 0 Å². The van der Waals surface area contributed by atoms with Gasteiger partial charge in [-0.3, -0.25) is 0 Å². The zero-order chi connectivity index (χ0) is 9.40. The lowest BCUT2D eigenvalue weighted by molar-refractivity contribution is 0.0834. The molecule has 0 bridgehead atoms. The maximum atomic E-state index is 9.36. The fourth-order valence-corrected chi connectivity index (χ4v) is 1.32. The van der Waals surface area contributed by atoms with Gasteiger partial charge < -0.3 is 10.2 Å². The molecule has 0 radical (unpaired) electrons. The van der Waals surface area contributed by atoms with Crippen LogP contribution in [0, 0.1) is 0 Å². The molecule has 2 heteroatoms. The standard InChI is InChI=1S/C10H22O2/c1-3-4-5-6-7-10(12)8-9(2)11/h9-12H,3-8H2,1-2H3/t9-,10-/m1/s1. The van der Waals surface area contributed by atoms with E-state index in [1.54, 1.807) is 6.92 Å². The van der Waals surface area contributed by atoms with Crippen molar-refractivity contribution in [3.05, 3.63) is 0 Å². The minimum Gasteiger partial charge on any atom is -0.393 e. The van der Waals surface area contributed by atoms with Gasteiger partial charge in [-0.15, -0.1) is 0 Å². The van der Waals surface area contributed by atoms with Crippen LogP contribution in [-0.2, 0) is 0 Å². The summed E-state index contributed by atoms with van der Waals surface area (Å²) >= 11 is 0. The molecule has 0 rings (SSSR count). The minimum absolute atomic E-state index is 0.304. The Bertz CT molecular complexity index is 91.8. The van der Waals surface area contributed by atoms with Crippen LogP contribution in [-0.4, -0.2) is 22.4 Å². The number of aliphatic hydroxyl groups excluding tert-OH is 2. The van der Waals surface area contributed by atoms with E-state index in [0.29, 0.717) is 6.42 Å². The summed E-state index contributed by atoms with van der Waals surface area (Å²) in [5.41, 5.74) is 0. The second-order valence-electron chi connectivity index (χ2n) is 3.59. The maximum Gasteiger partial charge on any atom is 0.0564 e. The Hall–Kier alpha value is -0.0800. The lowest BCUT2D eigenvalue weighted by Crippen LogP contribution is -2.14. The SMILES string of the molecule is CCCCCC[C@@H](O)C[C@@H](C)O. The molecule has 0 heterocycles. The van der Waals surface area contributed by atoms with Crippen molar-refractivity contribution in [2.24, 2.45) is 0 Å². The van der Waals surface area contributed by atoms with E-state index >= 15 is 0 Å². The van der Waals surface area contributed by atoms with Crippen LogP contribution in [0.5, 0.6) is 0 Å². The Kier molecular flexibility index (Phi) is 7.51. The van der Waals surface area contributed by atoms with E-state index in [1.165, 1.54) is 19.3 Å². The number of unbranched alkanes of at least 4 members (excludes halogenated alkanes) is 3. The molecule has 12 heavy (non-hydrogen) atoms. The molecular weight excluding hydrogens is 152 g/mol. The Morgan fingerprint density at radius 3 is 2.25 bits per heavy atom. The van der Waals surface area contributed by atoms with Gasteiger partial charge in [0, 0.05) is 0 Å². The summed E-state index contributed by atoms with van der Waals surface area (Å²) in [4.78, 5) is 0. The molecule has 0 fully saturated rings. The topological polar surface area (TPSA) is 40.5 Å². The van der Waals surface area contributed by atoms with E-state index in [9.17, 15) is 5.11 Å². The molecule has 0 aromatic heterocycles. The van der Waals surface area contributed by atoms with Crippen molar-refractivity contribution in [3.8, 4) is 0 Å². The van der Waals surface area contributed by atoms with Crippen LogP contribution in [0.1, 0.15) is 52.4 Å². The van der Waals surface area contributed by atoms with Gasteiger partial charge in [0.1, 0.15) is 0 Å². The average Bonchev–Trinajstić information content (AvgIpc) is 1.97. The molecule has 0 aromatic rings. The second-order valence-corrected chi connectivity index (χ2v) is 3.59. The lowest BCUT2D eigenvalue weighted by atomic mass is 10.1. The van der Waals surface area contributed by atoms with Crippen molar-refractivity contribution >= 4 is 0 Å². The van der Waals surface area contributed by atoms with E-state index in [2.05, 4.69) is 6.92 Å². The molecule has 0 aliphatic rings. The molecule has 0 aromatic carbocycles. The van der Waals surface area contributed by atoms with Gasteiger partial charge in [0.2, 0.25) is 0 Å². The highest BCUT2D eigenvalue weighted by Gasteiger charge is 2.06. The maximum absolute atomic E-state index is 9.36. The normalized spacial score (nSPS) is 16.0. The fourth-order valence-electron chi connectivity index (χ4n) is 1.32. The van der Waals surface area contributed by atoms with Crippen LogP contribution in [0.4, 0.5) is 0 Å². The molecule has 2 N–H and O–H groups in total. The Morgan fingerprint density at radius 2 is 1.75 bits per heavy atom. The predicted octanol–water partition coefficient (Wildman–Crippen LogP) is 2.09. The van der Waals surface area contributed by atoms with E-state index in [1.807, 2.05) is 0 Å². The van der Waals surface area contributed by atoms with Crippen molar-refractivity contribution in [2.45, 2.75) is 64.6 Å². The van der Waals surface area contributed by atoms with Crippen molar-refractivity contribution in [3.63, 3.8) is 0 Å². The summed E-state index contributed by atoms with van der Waals surface area (Å²) in [5.74, 6) is 0. The molecule has 0 spiro atoms. The van der Waals surface area contributed by atoms with E-state index in [-0.39, 0.29) is 12.2 Å². The second kappa shape index (κ2) is 7.56. The molecule has 0 unspecified atom stereocenters. The molecule has 0 aliphatic heterocycles. The minimum atomic E-state index is -0.369. The van der Waals surface area contributed by atoms with Gasteiger partial charge in [-0.2, -0.15) is 0 Å². The van der Waals surface area contributed by atoms with Crippen molar-refractivity contribution in [1.82, 2.24) is 0 Å². The van der Waals surface area contributed by atoms with Gasteiger partial charge in [-0.05, 0) is 19.8 Å². The molecule has 2 nitrogen and oxygen atoms in total. The highest BCUT2D eigenvalue weighted by molar-refractivity contribution is 4.59. The Morgan fingerprint density at radius 1 is 1.08 bits per heavy atom. The molecule has 0 amide bonds. The molecule has 74 valence electrons. The molecule has 0 saturated heterocycles. The highest BCUT2D eigenvalue weighted by atomic mass is 16.3. The predicted molar refractivity (Wildman–Crippen MR) is 51.1 cm³/mol. The molecule has 2 atom stereocenters. The van der Waals surface area contributed by atoms with Crippen molar-refractivity contribution in [2.75, 3.05) is 0 Å². The first-order chi connectivity index (χ1) is 5.66. The summed E-state index contributed by atoms with van der Waals surface area (Å²) in [6.07, 6.45) is 5.45. The monoisotopic (exact) mass is 174 g/mol. The van der Waals surface area contributed by atoms with Gasteiger partial charge in [-0.25, -0.2) is 0 Å². The van der Waals surface area contributed by atoms with Gasteiger partial charge in [-0.1, -0.05) is 32.6 Å². The van der Waals surface area contributed by atoms with Crippen molar-refractivity contribution < 1.29 is 10.2 Å². The van der Waals surface area contributed by atoms with Crippen LogP contribution in [0.3, 0.4) is 0 Å². The van der Waals surface area contributed by atoms with Gasteiger partial charge >= 0.3 is 0 Å². The van der Waals surface area contributed by atoms with Crippen LogP contribution < -0.4 is 0 Å². The Balaban J connectivity index is 3.14. The van der Waals surface area contributed by atoms with Crippen LogP contribution in [0.25, 0.3) is 0 Å². The first-order valence-electron chi connectivity index (χ1n) is 5.03. The summed E-state index contributed by atoms with van der Waals surface area (Å²) < 4.78 is 0. The molecule has 0 saturated carbocycles. The number of rotatable bonds is 7. The largest absolute Gasteiger partial charge is 0.393 e. The quantitative estimate of drug-likeness (QED) is 0.580. The average molecular weight is 174 g/mol. The number of hydrogen-bond acceptors (Lipinski definition) is 2. The zero-order valence-corrected chi connectivity index (χ0v) is 8.29. The fraction of sp³-hybridized carbons (Fsp3) is 1.00. The smallest absolute Gasteiger partial charge is 0.0564 e. The van der Waals surface area contributed by atoms with Crippen LogP contribution >= 0.6 is 0 Å². The van der Waals surface area contributed by atoms with Crippen LogP contribution in [0.2, 0.25) is 0 Å². The third kappa shape index (κ3) is 8.02. The third-order valence-electron chi connectivity index (χ3n) is 2.00. The molecule has 0 aliphatic carbocycles. The van der Waals surface area contributed by atoms with Crippen molar-refractivity contribution in [1.29, 1.82) is 0 Å². The first-order valence-corrected chi connectivity index (χ1v) is 5.03. The Labute approximate surface area is 75.6 Å². The van der Waals surface area contributed by atoms with E-state index in [0.717, 1.165) is 12.8 Å².